The van der Waals surface area contributed by atoms with Gasteiger partial charge in [-0.2, -0.15) is 8.78 Å². The van der Waals surface area contributed by atoms with Crippen molar-refractivity contribution in [3.63, 3.8) is 0 Å². The summed E-state index contributed by atoms with van der Waals surface area (Å²) in [5.41, 5.74) is 1.01. The van der Waals surface area contributed by atoms with Gasteiger partial charge < -0.3 is 10.2 Å². The van der Waals surface area contributed by atoms with Gasteiger partial charge in [-0.15, -0.1) is 5.10 Å². The van der Waals surface area contributed by atoms with Gasteiger partial charge in [0, 0.05) is 56.5 Å². The minimum absolute atomic E-state index is 0.00784. The second kappa shape index (κ2) is 9.10. The normalized spacial score (nSPS) is 18.6. The zero-order chi connectivity index (χ0) is 25.5. The van der Waals surface area contributed by atoms with E-state index < -0.39 is 11.7 Å². The van der Waals surface area contributed by atoms with E-state index in [1.807, 2.05) is 0 Å². The second-order valence-electron chi connectivity index (χ2n) is 9.42. The van der Waals surface area contributed by atoms with Gasteiger partial charge in [0.2, 0.25) is 11.7 Å². The Balaban J connectivity index is 1.86. The van der Waals surface area contributed by atoms with E-state index in [9.17, 15) is 13.6 Å². The highest BCUT2D eigenvalue weighted by molar-refractivity contribution is 5.95. The van der Waals surface area contributed by atoms with Gasteiger partial charge in [-0.3, -0.25) is 9.69 Å². The van der Waals surface area contributed by atoms with Crippen LogP contribution in [0.5, 0.6) is 0 Å². The van der Waals surface area contributed by atoms with Gasteiger partial charge in [-0.25, -0.2) is 19.6 Å². The predicted octanol–water partition coefficient (Wildman–Crippen LogP) is 3.90. The monoisotopic (exact) mass is 486 g/mol. The molecule has 1 aliphatic heterocycles. The van der Waals surface area contributed by atoms with E-state index in [2.05, 4.69) is 50.8 Å². The maximum absolute atomic E-state index is 14.1. The summed E-state index contributed by atoms with van der Waals surface area (Å²) in [6.45, 7) is 13.9. The lowest BCUT2D eigenvalue weighted by Gasteiger charge is -2.37. The Kier molecular flexibility index (Phi) is 6.48. The Morgan fingerprint density at radius 3 is 2.60 bits per heavy atom. The van der Waals surface area contributed by atoms with Crippen LogP contribution in [0.25, 0.3) is 16.7 Å². The average Bonchev–Trinajstić information content (AvgIpc) is 3.34. The first-order valence-corrected chi connectivity index (χ1v) is 11.9. The number of hydrogen-bond donors (Lipinski definition) is 1. The number of amides is 1. The zero-order valence-electron chi connectivity index (χ0n) is 21.1. The van der Waals surface area contributed by atoms with Crippen LogP contribution in [-0.2, 0) is 10.7 Å². The Hall–Kier alpha value is -3.21. The number of hydrogen-bond acceptors (Lipinski definition) is 7. The van der Waals surface area contributed by atoms with Crippen LogP contribution in [0.2, 0.25) is 0 Å². The van der Waals surface area contributed by atoms with Crippen molar-refractivity contribution >= 4 is 28.4 Å². The van der Waals surface area contributed by atoms with Gasteiger partial charge in [-0.1, -0.05) is 13.8 Å². The number of fused-ring (bicyclic) bond motifs is 1. The van der Waals surface area contributed by atoms with E-state index in [-0.39, 0.29) is 17.3 Å². The van der Waals surface area contributed by atoms with Crippen molar-refractivity contribution in [1.82, 2.24) is 29.6 Å². The number of carbonyl (C=O) groups excluding carboxylic acids is 1. The lowest BCUT2D eigenvalue weighted by Crippen LogP contribution is -2.48. The maximum atomic E-state index is 14.1. The summed E-state index contributed by atoms with van der Waals surface area (Å²) in [4.78, 5) is 28.7. The molecule has 1 fully saturated rings. The highest BCUT2D eigenvalue weighted by Gasteiger charge is 2.39. The van der Waals surface area contributed by atoms with E-state index in [0.717, 1.165) is 44.9 Å². The third-order valence-electron chi connectivity index (χ3n) is 6.58. The molecule has 9 nitrogen and oxygen atoms in total. The van der Waals surface area contributed by atoms with E-state index in [1.165, 1.54) is 11.6 Å². The van der Waals surface area contributed by atoms with Crippen molar-refractivity contribution in [1.29, 1.82) is 0 Å². The molecule has 0 bridgehead atoms. The molecule has 1 saturated heterocycles. The highest BCUT2D eigenvalue weighted by atomic mass is 19.3. The number of aryl methyl sites for hydroxylation is 1. The number of halogens is 2. The Bertz CT molecular complexity index is 1250. The number of alkyl halides is 2. The average molecular weight is 487 g/mol. The molecule has 1 aliphatic rings. The van der Waals surface area contributed by atoms with Gasteiger partial charge in [0.25, 0.3) is 0 Å². The number of aromatic nitrogens is 5. The molecule has 3 aromatic rings. The SMILES string of the molecule is CCN(CC)[C@@]1(C)CCN(c2nn(-c3cc(C)nc(C(C)(F)F)n3)c3cc(NC(C)=O)ncc23)C1. The number of rotatable bonds is 7. The minimum Gasteiger partial charge on any atom is -0.353 e. The summed E-state index contributed by atoms with van der Waals surface area (Å²) < 4.78 is 29.7. The lowest BCUT2D eigenvalue weighted by molar-refractivity contribution is -0.114. The van der Waals surface area contributed by atoms with Gasteiger partial charge in [-0.05, 0) is 33.4 Å². The van der Waals surface area contributed by atoms with E-state index in [0.29, 0.717) is 22.8 Å². The topological polar surface area (TPSA) is 92.1 Å². The zero-order valence-corrected chi connectivity index (χ0v) is 21.1. The first-order valence-electron chi connectivity index (χ1n) is 11.9. The molecule has 1 N–H and O–H groups in total. The molecule has 3 aromatic heterocycles. The molecule has 0 unspecified atom stereocenters. The van der Waals surface area contributed by atoms with Crippen LogP contribution in [0.3, 0.4) is 0 Å². The van der Waals surface area contributed by atoms with Crippen LogP contribution in [-0.4, -0.2) is 67.3 Å². The second-order valence-corrected chi connectivity index (χ2v) is 9.42. The van der Waals surface area contributed by atoms with Gasteiger partial charge in [0.1, 0.15) is 5.82 Å². The lowest BCUT2D eigenvalue weighted by atomic mass is 9.99. The molecule has 4 rings (SSSR count). The first-order chi connectivity index (χ1) is 16.4. The van der Waals surface area contributed by atoms with E-state index >= 15 is 0 Å². The summed E-state index contributed by atoms with van der Waals surface area (Å²) in [6.07, 6.45) is 2.63. The molecule has 0 radical (unpaired) electrons. The van der Waals surface area contributed by atoms with Crippen molar-refractivity contribution in [2.75, 3.05) is 36.4 Å². The Morgan fingerprint density at radius 1 is 1.26 bits per heavy atom. The summed E-state index contributed by atoms with van der Waals surface area (Å²) in [6, 6.07) is 3.31. The van der Waals surface area contributed by atoms with Crippen molar-refractivity contribution in [3.8, 4) is 5.82 Å². The summed E-state index contributed by atoms with van der Waals surface area (Å²) in [5, 5.41) is 8.27. The predicted molar refractivity (Wildman–Crippen MR) is 131 cm³/mol. The van der Waals surface area contributed by atoms with E-state index in [1.54, 1.807) is 25.3 Å². The number of likely N-dealkylation sites (N-methyl/N-ethyl adjacent to an activating group) is 1. The van der Waals surface area contributed by atoms with Crippen molar-refractivity contribution in [2.45, 2.75) is 59.4 Å². The third kappa shape index (κ3) is 4.82. The quantitative estimate of drug-likeness (QED) is 0.542. The van der Waals surface area contributed by atoms with Crippen LogP contribution in [0.1, 0.15) is 52.6 Å². The Labute approximate surface area is 203 Å². The molecule has 0 aliphatic carbocycles. The molecule has 4 heterocycles. The molecule has 0 aromatic carbocycles. The molecule has 0 spiro atoms. The fourth-order valence-electron chi connectivity index (χ4n) is 4.88. The van der Waals surface area contributed by atoms with Crippen LogP contribution in [0.4, 0.5) is 20.4 Å². The third-order valence-corrected chi connectivity index (χ3v) is 6.58. The number of anilines is 2. The van der Waals surface area contributed by atoms with Crippen LogP contribution in [0, 0.1) is 6.92 Å². The van der Waals surface area contributed by atoms with Crippen molar-refractivity contribution in [2.24, 2.45) is 0 Å². The molecular formula is C24H32F2N8O. The summed E-state index contributed by atoms with van der Waals surface area (Å²) in [5.74, 6) is -2.74. The highest BCUT2D eigenvalue weighted by Crippen LogP contribution is 2.36. The van der Waals surface area contributed by atoms with Crippen molar-refractivity contribution < 1.29 is 13.6 Å². The van der Waals surface area contributed by atoms with Gasteiger partial charge in [0.05, 0.1) is 10.9 Å². The molecule has 0 saturated carbocycles. The maximum Gasteiger partial charge on any atom is 0.303 e. The summed E-state index contributed by atoms with van der Waals surface area (Å²) >= 11 is 0. The number of nitrogens with one attached hydrogen (secondary N) is 1. The minimum atomic E-state index is -3.20. The van der Waals surface area contributed by atoms with Crippen LogP contribution >= 0.6 is 0 Å². The molecule has 1 atom stereocenters. The fourth-order valence-corrected chi connectivity index (χ4v) is 4.88. The van der Waals surface area contributed by atoms with E-state index in [4.69, 9.17) is 5.10 Å². The largest absolute Gasteiger partial charge is 0.353 e. The smallest absolute Gasteiger partial charge is 0.303 e. The van der Waals surface area contributed by atoms with Crippen molar-refractivity contribution in [3.05, 3.63) is 29.8 Å². The van der Waals surface area contributed by atoms with Gasteiger partial charge in [0.15, 0.2) is 11.6 Å². The summed E-state index contributed by atoms with van der Waals surface area (Å²) in [7, 11) is 0. The van der Waals surface area contributed by atoms with Crippen LogP contribution < -0.4 is 10.2 Å². The number of carbonyl (C=O) groups is 1. The molecular weight excluding hydrogens is 454 g/mol. The number of pyridine rings is 1. The molecule has 35 heavy (non-hydrogen) atoms. The van der Waals surface area contributed by atoms with Crippen LogP contribution in [0.15, 0.2) is 18.3 Å². The molecule has 1 amide bonds. The number of nitrogens with zero attached hydrogens (tertiary/aromatic N) is 7. The Morgan fingerprint density at radius 2 is 1.97 bits per heavy atom. The standard InChI is InChI=1S/C24H32F2N8O/c1-7-33(8-2)23(5)9-10-32(14-23)21-17-13-27-19(29-16(4)35)12-18(17)34(31-21)20-11-15(3)28-22(30-20)24(6,25)26/h11-13H,7-10,14H2,1-6H3,(H,27,29,35)/t23-/m0/s1. The molecule has 188 valence electrons. The van der Waals surface area contributed by atoms with Gasteiger partial charge >= 0.3 is 5.92 Å². The molecule has 11 heteroatoms. The first kappa shape index (κ1) is 24.9. The fraction of sp³-hybridized carbons (Fsp3) is 0.542.